The Bertz CT molecular complexity index is 1090. The maximum Gasteiger partial charge on any atom is 0.0720 e. The topological polar surface area (TPSA) is 33.7 Å². The minimum absolute atomic E-state index is 0.446. The molecule has 4 saturated carbocycles. The Hall–Kier alpha value is -0.940. The molecule has 4 aliphatic carbocycles. The molecule has 0 spiro atoms. The minimum Gasteiger partial charge on any atom is -0.374 e. The Balaban J connectivity index is 0.942. The van der Waals surface area contributed by atoms with Gasteiger partial charge in [0.1, 0.15) is 0 Å². The second kappa shape index (κ2) is 12.3. The third-order valence-corrected chi connectivity index (χ3v) is 14.5. The van der Waals surface area contributed by atoms with Gasteiger partial charge in [-0.15, -0.1) is 0 Å². The second-order valence-electron chi connectivity index (χ2n) is 17.0. The van der Waals surface area contributed by atoms with E-state index in [2.05, 4.69) is 69.1 Å². The summed E-state index contributed by atoms with van der Waals surface area (Å²) in [5.41, 5.74) is 3.66. The van der Waals surface area contributed by atoms with Crippen molar-refractivity contribution in [2.75, 3.05) is 32.7 Å². The third kappa shape index (κ3) is 5.79. The smallest absolute Gasteiger partial charge is 0.0720 e. The van der Waals surface area contributed by atoms with E-state index in [1.54, 1.807) is 0 Å². The molecule has 4 nitrogen and oxygen atoms in total. The molecule has 12 atom stereocenters. The average molecular weight is 591 g/mol. The summed E-state index contributed by atoms with van der Waals surface area (Å²) in [6, 6.07) is 8.92. The summed E-state index contributed by atoms with van der Waals surface area (Å²) in [6.45, 7) is 19.4. The molecule has 1 N–H and O–H groups in total. The number of hydrogen-bond acceptors (Lipinski definition) is 4. The van der Waals surface area contributed by atoms with Crippen LogP contribution in [0.25, 0.3) is 0 Å². The van der Waals surface area contributed by atoms with Crippen molar-refractivity contribution in [3.05, 3.63) is 35.4 Å². The van der Waals surface area contributed by atoms with Crippen LogP contribution in [-0.4, -0.2) is 55.9 Å². The Morgan fingerprint density at radius 3 is 2.53 bits per heavy atom. The van der Waals surface area contributed by atoms with Gasteiger partial charge < -0.3 is 19.7 Å². The Morgan fingerprint density at radius 1 is 0.977 bits per heavy atom. The fourth-order valence-electron chi connectivity index (χ4n) is 12.2. The number of rotatable bonds is 8. The zero-order valence-corrected chi connectivity index (χ0v) is 28.2. The van der Waals surface area contributed by atoms with Crippen LogP contribution in [0.5, 0.6) is 0 Å². The number of hydrogen-bond donors (Lipinski definition) is 1. The molecule has 2 saturated heterocycles. The molecule has 1 aromatic rings. The molecule has 7 rings (SSSR count). The Kier molecular flexibility index (Phi) is 8.81. The molecule has 6 aliphatic rings. The zero-order chi connectivity index (χ0) is 29.8. The predicted molar refractivity (Wildman–Crippen MR) is 176 cm³/mol. The highest BCUT2D eigenvalue weighted by molar-refractivity contribution is 5.20. The van der Waals surface area contributed by atoms with Crippen LogP contribution in [-0.2, 0) is 16.1 Å². The van der Waals surface area contributed by atoms with E-state index in [1.165, 1.54) is 95.0 Å². The lowest BCUT2D eigenvalue weighted by Crippen LogP contribution is -2.54. The lowest BCUT2D eigenvalue weighted by atomic mass is 9.44. The van der Waals surface area contributed by atoms with E-state index in [-0.39, 0.29) is 0 Å². The van der Waals surface area contributed by atoms with Crippen LogP contribution in [0.1, 0.15) is 103 Å². The number of nitrogens with zero attached hydrogens (tertiary/aromatic N) is 1. The van der Waals surface area contributed by atoms with E-state index in [4.69, 9.17) is 9.47 Å². The van der Waals surface area contributed by atoms with Crippen LogP contribution < -0.4 is 5.32 Å². The first-order valence-corrected chi connectivity index (χ1v) is 18.5. The predicted octanol–water partition coefficient (Wildman–Crippen LogP) is 7.87. The van der Waals surface area contributed by atoms with E-state index < -0.39 is 0 Å². The van der Waals surface area contributed by atoms with Crippen LogP contribution in [0.15, 0.2) is 24.3 Å². The van der Waals surface area contributed by atoms with Crippen LogP contribution in [0, 0.1) is 59.2 Å². The third-order valence-electron chi connectivity index (χ3n) is 14.5. The number of ether oxygens (including phenoxy) is 2. The van der Waals surface area contributed by atoms with E-state index in [0.29, 0.717) is 29.1 Å². The molecule has 0 unspecified atom stereocenters. The number of nitrogens with one attached hydrogen (secondary N) is 1. The van der Waals surface area contributed by atoms with E-state index in [0.717, 1.165) is 61.1 Å². The first kappa shape index (κ1) is 30.7. The molecular formula is C39H62N2O2. The summed E-state index contributed by atoms with van der Waals surface area (Å²) in [6.07, 6.45) is 15.1. The zero-order valence-electron chi connectivity index (χ0n) is 28.2. The van der Waals surface area contributed by atoms with Crippen molar-refractivity contribution in [3.63, 3.8) is 0 Å². The highest BCUT2D eigenvalue weighted by Gasteiger charge is 2.65. The SMILES string of the molecule is Cc1ccc(CO[C@H]2CC[C@@]3(C)[C@H](CC[C@@H]4[C@@H]3CC[C@]3(C)[C@H]5[C@H](C)[C@@H](CC[C@H](C)CN6CCNCC6)O[C@H]5C[C@@H]43)C2)cc1. The van der Waals surface area contributed by atoms with Crippen molar-refractivity contribution in [3.8, 4) is 0 Å². The lowest BCUT2D eigenvalue weighted by molar-refractivity contribution is -0.139. The number of aryl methyl sites for hydroxylation is 1. The molecule has 4 heteroatoms. The molecule has 0 aromatic heterocycles. The lowest BCUT2D eigenvalue weighted by Gasteiger charge is -2.61. The van der Waals surface area contributed by atoms with Crippen LogP contribution in [0.2, 0.25) is 0 Å². The van der Waals surface area contributed by atoms with Gasteiger partial charge in [-0.3, -0.25) is 0 Å². The Labute approximate surface area is 263 Å². The van der Waals surface area contributed by atoms with Gasteiger partial charge in [-0.1, -0.05) is 57.5 Å². The van der Waals surface area contributed by atoms with Gasteiger partial charge in [-0.05, 0) is 129 Å². The van der Waals surface area contributed by atoms with E-state index in [1.807, 2.05) is 0 Å². The molecule has 0 amide bonds. The van der Waals surface area contributed by atoms with Crippen molar-refractivity contribution in [2.45, 2.75) is 124 Å². The second-order valence-corrected chi connectivity index (χ2v) is 17.0. The van der Waals surface area contributed by atoms with Gasteiger partial charge in [0.05, 0.1) is 24.9 Å². The summed E-state index contributed by atoms with van der Waals surface area (Å²) in [4.78, 5) is 2.67. The van der Waals surface area contributed by atoms with Crippen LogP contribution in [0.4, 0.5) is 0 Å². The van der Waals surface area contributed by atoms with Gasteiger partial charge in [0.25, 0.3) is 0 Å². The maximum absolute atomic E-state index is 7.05. The van der Waals surface area contributed by atoms with Crippen molar-refractivity contribution >= 4 is 0 Å². The van der Waals surface area contributed by atoms with E-state index >= 15 is 0 Å². The summed E-state index contributed by atoms with van der Waals surface area (Å²) >= 11 is 0. The standard InChI is InChI=1S/C39H62N2O2/c1-26-6-9-29(10-7-26)25-42-31-14-16-38(4)30(22-31)11-12-32-33(38)15-17-39(5)34(32)23-36-37(39)28(3)35(43-36)13-8-27(2)24-41-20-18-40-19-21-41/h6-7,9-10,27-28,30-37,40H,8,11-25H2,1-5H3/t27-,28+,30+,31-,32+,33-,34-,35+,36-,37-,38-,39-/m0/s1. The minimum atomic E-state index is 0.446. The van der Waals surface area contributed by atoms with Gasteiger partial charge >= 0.3 is 0 Å². The molecule has 0 bridgehead atoms. The van der Waals surface area contributed by atoms with Crippen molar-refractivity contribution in [1.82, 2.24) is 10.2 Å². The molecule has 6 fully saturated rings. The van der Waals surface area contributed by atoms with Gasteiger partial charge in [-0.25, -0.2) is 0 Å². The molecule has 2 aliphatic heterocycles. The van der Waals surface area contributed by atoms with Gasteiger partial charge in [0.2, 0.25) is 0 Å². The molecule has 240 valence electrons. The van der Waals surface area contributed by atoms with Crippen molar-refractivity contribution < 1.29 is 9.47 Å². The van der Waals surface area contributed by atoms with Gasteiger partial charge in [0, 0.05) is 32.7 Å². The maximum atomic E-state index is 7.05. The number of benzene rings is 1. The number of piperazine rings is 1. The van der Waals surface area contributed by atoms with Crippen molar-refractivity contribution in [1.29, 1.82) is 0 Å². The summed E-state index contributed by atoms with van der Waals surface area (Å²) < 4.78 is 13.6. The van der Waals surface area contributed by atoms with Gasteiger partial charge in [-0.2, -0.15) is 0 Å². The van der Waals surface area contributed by atoms with Crippen LogP contribution >= 0.6 is 0 Å². The Morgan fingerprint density at radius 2 is 1.74 bits per heavy atom. The highest BCUT2D eigenvalue weighted by atomic mass is 16.5. The summed E-state index contributed by atoms with van der Waals surface area (Å²) in [5.74, 6) is 5.83. The molecule has 0 radical (unpaired) electrons. The highest BCUT2D eigenvalue weighted by Crippen LogP contribution is 2.70. The van der Waals surface area contributed by atoms with Gasteiger partial charge in [0.15, 0.2) is 0 Å². The molecule has 2 heterocycles. The first-order valence-electron chi connectivity index (χ1n) is 18.5. The molecule has 1 aromatic carbocycles. The monoisotopic (exact) mass is 590 g/mol. The van der Waals surface area contributed by atoms with Crippen LogP contribution in [0.3, 0.4) is 0 Å². The largest absolute Gasteiger partial charge is 0.374 e. The first-order chi connectivity index (χ1) is 20.7. The fourth-order valence-corrected chi connectivity index (χ4v) is 12.2. The summed E-state index contributed by atoms with van der Waals surface area (Å²) in [5, 5.41) is 3.50. The fraction of sp³-hybridized carbons (Fsp3) is 0.846. The average Bonchev–Trinajstić information content (AvgIpc) is 3.49. The summed E-state index contributed by atoms with van der Waals surface area (Å²) in [7, 11) is 0. The number of fused-ring (bicyclic) bond motifs is 7. The molecule has 43 heavy (non-hydrogen) atoms. The quantitative estimate of drug-likeness (QED) is 0.334. The molecular weight excluding hydrogens is 528 g/mol. The van der Waals surface area contributed by atoms with E-state index in [9.17, 15) is 0 Å². The van der Waals surface area contributed by atoms with Crippen molar-refractivity contribution in [2.24, 2.45) is 52.3 Å². The normalized spacial score (nSPS) is 45.2.